The average molecular weight is 373 g/mol. The summed E-state index contributed by atoms with van der Waals surface area (Å²) in [5, 5.41) is 7.32. The van der Waals surface area contributed by atoms with Crippen molar-refractivity contribution in [2.75, 3.05) is 6.54 Å². The summed E-state index contributed by atoms with van der Waals surface area (Å²) in [6.07, 6.45) is -0.168. The van der Waals surface area contributed by atoms with Crippen LogP contribution in [0, 0.1) is 15.5 Å². The number of aromatic nitrogens is 2. The van der Waals surface area contributed by atoms with E-state index >= 15 is 0 Å². The minimum absolute atomic E-state index is 0.168. The Hall–Kier alpha value is -0.790. The van der Waals surface area contributed by atoms with Crippen LogP contribution in [0.3, 0.4) is 0 Å². The molecule has 1 N–H and O–H groups in total. The molecule has 2 aliphatic carbocycles. The Morgan fingerprint density at radius 1 is 1.63 bits per heavy atom. The van der Waals surface area contributed by atoms with Gasteiger partial charge in [0.15, 0.2) is 0 Å². The van der Waals surface area contributed by atoms with Gasteiger partial charge in [-0.25, -0.2) is 4.79 Å². The molecule has 5 rings (SSSR count). The number of amides is 1. The molecule has 0 spiro atoms. The molecular formula is C13H16IN3O2. The van der Waals surface area contributed by atoms with Crippen LogP contribution in [0.4, 0.5) is 4.79 Å². The summed E-state index contributed by atoms with van der Waals surface area (Å²) < 4.78 is 6.47. The van der Waals surface area contributed by atoms with Crippen LogP contribution >= 0.6 is 22.6 Å². The molecule has 2 bridgehead atoms. The van der Waals surface area contributed by atoms with Gasteiger partial charge in [0, 0.05) is 17.7 Å². The second-order valence-electron chi connectivity index (χ2n) is 6.75. The number of carbonyl (C=O) groups is 1. The fourth-order valence-corrected chi connectivity index (χ4v) is 4.29. The maximum absolute atomic E-state index is 12.2. The van der Waals surface area contributed by atoms with Gasteiger partial charge >= 0.3 is 6.09 Å². The first-order chi connectivity index (χ1) is 8.85. The normalized spacial score (nSPS) is 38.1. The van der Waals surface area contributed by atoms with E-state index < -0.39 is 5.60 Å². The highest BCUT2D eigenvalue weighted by Crippen LogP contribution is 2.85. The standard InChI is InChI=1S/C13H16IN3O2/c1-12(2,3)19-11(18)17-5-6-9-10(17)13(6,9)7-4-8(14)16-15-7/h4,6,9-10H,5H2,1-3H3,(H,15,16)/t6-,9-,10?,13-/m0/s1. The van der Waals surface area contributed by atoms with E-state index in [4.69, 9.17) is 4.74 Å². The van der Waals surface area contributed by atoms with Gasteiger partial charge < -0.3 is 9.64 Å². The molecule has 1 unspecified atom stereocenters. The smallest absolute Gasteiger partial charge is 0.410 e. The van der Waals surface area contributed by atoms with Crippen molar-refractivity contribution < 1.29 is 9.53 Å². The van der Waals surface area contributed by atoms with E-state index in [1.807, 2.05) is 25.7 Å². The number of hydrogen-bond donors (Lipinski definition) is 1. The summed E-state index contributed by atoms with van der Waals surface area (Å²) in [6.45, 7) is 6.56. The summed E-state index contributed by atoms with van der Waals surface area (Å²) >= 11 is 2.21. The average Bonchev–Trinajstić information content (AvgIpc) is 2.85. The maximum atomic E-state index is 12.2. The summed E-state index contributed by atoms with van der Waals surface area (Å²) in [7, 11) is 0. The number of hydrogen-bond acceptors (Lipinski definition) is 3. The first kappa shape index (κ1) is 12.0. The van der Waals surface area contributed by atoms with Gasteiger partial charge in [-0.05, 0) is 61.3 Å². The van der Waals surface area contributed by atoms with Crippen LogP contribution in [0.5, 0.6) is 0 Å². The van der Waals surface area contributed by atoms with Gasteiger partial charge in [-0.3, -0.25) is 5.10 Å². The largest absolute Gasteiger partial charge is 0.444 e. The highest BCUT2D eigenvalue weighted by molar-refractivity contribution is 14.1. The number of halogens is 1. The molecular weight excluding hydrogens is 357 g/mol. The number of piperidine rings is 1. The zero-order valence-corrected chi connectivity index (χ0v) is 13.3. The molecule has 4 aliphatic rings. The molecule has 6 heteroatoms. The van der Waals surface area contributed by atoms with Crippen molar-refractivity contribution in [3.63, 3.8) is 0 Å². The number of nitrogens with zero attached hydrogens (tertiary/aromatic N) is 2. The highest BCUT2D eigenvalue weighted by Gasteiger charge is 2.94. The zero-order valence-electron chi connectivity index (χ0n) is 11.1. The fraction of sp³-hybridized carbons (Fsp3) is 0.692. The van der Waals surface area contributed by atoms with Crippen molar-refractivity contribution in [3.05, 3.63) is 15.5 Å². The van der Waals surface area contributed by atoms with E-state index in [-0.39, 0.29) is 11.5 Å². The third kappa shape index (κ3) is 1.41. The van der Waals surface area contributed by atoms with Crippen molar-refractivity contribution >= 4 is 28.7 Å². The molecule has 4 fully saturated rings. The van der Waals surface area contributed by atoms with Crippen LogP contribution in [-0.4, -0.2) is 39.4 Å². The van der Waals surface area contributed by atoms with E-state index in [1.165, 1.54) is 5.69 Å². The number of rotatable bonds is 1. The van der Waals surface area contributed by atoms with E-state index in [0.717, 1.165) is 10.2 Å². The lowest BCUT2D eigenvalue weighted by Gasteiger charge is -2.24. The molecule has 0 radical (unpaired) electrons. The molecule has 3 heterocycles. The van der Waals surface area contributed by atoms with Crippen molar-refractivity contribution in [2.24, 2.45) is 11.8 Å². The van der Waals surface area contributed by atoms with Gasteiger partial charge in [-0.2, -0.15) is 5.10 Å². The minimum Gasteiger partial charge on any atom is -0.444 e. The number of aromatic amines is 1. The van der Waals surface area contributed by atoms with Crippen LogP contribution in [0.1, 0.15) is 26.5 Å². The Labute approximate surface area is 125 Å². The van der Waals surface area contributed by atoms with Crippen LogP contribution in [0.2, 0.25) is 0 Å². The topological polar surface area (TPSA) is 58.2 Å². The van der Waals surface area contributed by atoms with Crippen molar-refractivity contribution in [1.82, 2.24) is 15.1 Å². The Morgan fingerprint density at radius 3 is 2.89 bits per heavy atom. The summed E-state index contributed by atoms with van der Waals surface area (Å²) in [5.41, 5.74) is 0.964. The second-order valence-corrected chi connectivity index (χ2v) is 7.85. The first-order valence-corrected chi connectivity index (χ1v) is 7.64. The van der Waals surface area contributed by atoms with Crippen LogP contribution in [0.25, 0.3) is 0 Å². The quantitative estimate of drug-likeness (QED) is 0.768. The monoisotopic (exact) mass is 373 g/mol. The lowest BCUT2D eigenvalue weighted by atomic mass is 10.0. The zero-order chi connectivity index (χ0) is 13.6. The summed E-state index contributed by atoms with van der Waals surface area (Å²) in [4.78, 5) is 14.1. The van der Waals surface area contributed by atoms with E-state index in [2.05, 4.69) is 38.9 Å². The van der Waals surface area contributed by atoms with E-state index in [1.54, 1.807) is 0 Å². The van der Waals surface area contributed by atoms with Gasteiger partial charge in [0.25, 0.3) is 0 Å². The summed E-state index contributed by atoms with van der Waals surface area (Å²) in [5.74, 6) is 1.25. The third-order valence-electron chi connectivity index (χ3n) is 4.58. The fourth-order valence-electron chi connectivity index (χ4n) is 3.86. The molecule has 2 aliphatic heterocycles. The van der Waals surface area contributed by atoms with E-state index in [0.29, 0.717) is 17.9 Å². The van der Waals surface area contributed by atoms with Crippen molar-refractivity contribution in [3.8, 4) is 0 Å². The van der Waals surface area contributed by atoms with Crippen molar-refractivity contribution in [2.45, 2.75) is 37.8 Å². The Morgan fingerprint density at radius 2 is 2.37 bits per heavy atom. The number of fused-ring (bicyclic) bond motifs is 1. The highest BCUT2D eigenvalue weighted by atomic mass is 127. The molecule has 5 nitrogen and oxygen atoms in total. The van der Waals surface area contributed by atoms with Gasteiger partial charge in [0.05, 0.1) is 6.04 Å². The lowest BCUT2D eigenvalue weighted by molar-refractivity contribution is 0.0278. The van der Waals surface area contributed by atoms with Crippen LogP contribution in [-0.2, 0) is 10.2 Å². The van der Waals surface area contributed by atoms with Gasteiger partial charge in [-0.15, -0.1) is 0 Å². The van der Waals surface area contributed by atoms with Gasteiger partial charge in [-0.1, -0.05) is 0 Å². The predicted octanol–water partition coefficient (Wildman–Crippen LogP) is 2.13. The maximum Gasteiger partial charge on any atom is 0.410 e. The number of ether oxygens (including phenoxy) is 1. The van der Waals surface area contributed by atoms with E-state index in [9.17, 15) is 4.79 Å². The van der Waals surface area contributed by atoms with Crippen LogP contribution < -0.4 is 0 Å². The van der Waals surface area contributed by atoms with Crippen LogP contribution in [0.15, 0.2) is 6.07 Å². The minimum atomic E-state index is -0.421. The number of carbonyl (C=O) groups excluding carboxylic acids is 1. The Kier molecular flexibility index (Phi) is 2.06. The molecule has 1 aromatic heterocycles. The van der Waals surface area contributed by atoms with Crippen molar-refractivity contribution in [1.29, 1.82) is 0 Å². The second kappa shape index (κ2) is 3.27. The Balaban J connectivity index is 1.53. The first-order valence-electron chi connectivity index (χ1n) is 6.56. The lowest BCUT2D eigenvalue weighted by Crippen LogP contribution is -2.36. The summed E-state index contributed by atoms with van der Waals surface area (Å²) in [6, 6.07) is 2.44. The van der Waals surface area contributed by atoms with Gasteiger partial charge in [0.2, 0.25) is 0 Å². The number of H-pyrrole nitrogens is 1. The molecule has 1 amide bonds. The molecule has 1 aromatic rings. The molecule has 4 atom stereocenters. The number of nitrogens with one attached hydrogen (secondary N) is 1. The SMILES string of the molecule is CC(C)(C)OC(=O)N1C[C@H]2[C@H]3C1[C@@]32c1cc(I)n[nH]1. The Bertz CT molecular complexity index is 573. The molecule has 2 saturated heterocycles. The third-order valence-corrected chi connectivity index (χ3v) is 5.13. The molecule has 102 valence electrons. The molecule has 0 aromatic carbocycles. The molecule has 19 heavy (non-hydrogen) atoms. The molecule has 2 saturated carbocycles. The van der Waals surface area contributed by atoms with Gasteiger partial charge in [0.1, 0.15) is 9.30 Å². The predicted molar refractivity (Wildman–Crippen MR) is 76.7 cm³/mol.